The zero-order chi connectivity index (χ0) is 10.7. The van der Waals surface area contributed by atoms with Crippen molar-refractivity contribution in [2.75, 3.05) is 17.6 Å². The fraction of sp³-hybridized carbons (Fsp3) is 0.583. The van der Waals surface area contributed by atoms with Crippen LogP contribution in [0.25, 0.3) is 0 Å². The summed E-state index contributed by atoms with van der Waals surface area (Å²) < 4.78 is 0. The fourth-order valence-corrected chi connectivity index (χ4v) is 2.05. The first kappa shape index (κ1) is 10.3. The van der Waals surface area contributed by atoms with Crippen LogP contribution in [-0.4, -0.2) is 11.5 Å². The Morgan fingerprint density at radius 2 is 2.27 bits per heavy atom. The summed E-state index contributed by atoms with van der Waals surface area (Å²) in [6.07, 6.45) is 5.31. The number of rotatable bonds is 5. The molecule has 82 valence electrons. The Morgan fingerprint density at radius 1 is 1.47 bits per heavy atom. The molecule has 3 heteroatoms. The molecule has 0 aliphatic heterocycles. The first-order valence-electron chi connectivity index (χ1n) is 5.70. The molecular weight excluding hydrogens is 186 g/mol. The van der Waals surface area contributed by atoms with Crippen LogP contribution in [0, 0.1) is 5.41 Å². The molecule has 1 aliphatic rings. The van der Waals surface area contributed by atoms with E-state index in [2.05, 4.69) is 17.2 Å². The third-order valence-electron chi connectivity index (χ3n) is 3.15. The SMILES string of the molecule is CCCC1(CNc2cccc(N)n2)CC1. The predicted molar refractivity (Wildman–Crippen MR) is 63.7 cm³/mol. The highest BCUT2D eigenvalue weighted by Crippen LogP contribution is 2.49. The van der Waals surface area contributed by atoms with Crippen molar-refractivity contribution in [1.82, 2.24) is 4.98 Å². The van der Waals surface area contributed by atoms with Gasteiger partial charge in [0.1, 0.15) is 11.6 Å². The van der Waals surface area contributed by atoms with Crippen molar-refractivity contribution in [3.8, 4) is 0 Å². The molecule has 0 bridgehead atoms. The Hall–Kier alpha value is -1.25. The highest BCUT2D eigenvalue weighted by atomic mass is 15.0. The van der Waals surface area contributed by atoms with Crippen molar-refractivity contribution in [2.45, 2.75) is 32.6 Å². The summed E-state index contributed by atoms with van der Waals surface area (Å²) in [6.45, 7) is 3.29. The number of anilines is 2. The van der Waals surface area contributed by atoms with E-state index in [1.807, 2.05) is 18.2 Å². The van der Waals surface area contributed by atoms with E-state index < -0.39 is 0 Å². The predicted octanol–water partition coefficient (Wildman–Crippen LogP) is 2.66. The molecule has 2 rings (SSSR count). The van der Waals surface area contributed by atoms with Gasteiger partial charge in [0, 0.05) is 6.54 Å². The van der Waals surface area contributed by atoms with Crippen LogP contribution in [0.3, 0.4) is 0 Å². The molecule has 0 unspecified atom stereocenters. The van der Waals surface area contributed by atoms with E-state index in [0.29, 0.717) is 11.2 Å². The van der Waals surface area contributed by atoms with Gasteiger partial charge in [0.2, 0.25) is 0 Å². The standard InChI is InChI=1S/C12H19N3/c1-2-6-12(7-8-12)9-14-11-5-3-4-10(13)15-11/h3-5H,2,6-9H2,1H3,(H3,13,14,15). The van der Waals surface area contributed by atoms with Gasteiger partial charge >= 0.3 is 0 Å². The molecule has 0 radical (unpaired) electrons. The number of nitrogens with two attached hydrogens (primary N) is 1. The van der Waals surface area contributed by atoms with E-state index in [0.717, 1.165) is 12.4 Å². The van der Waals surface area contributed by atoms with Crippen LogP contribution in [-0.2, 0) is 0 Å². The molecule has 3 nitrogen and oxygen atoms in total. The minimum Gasteiger partial charge on any atom is -0.384 e. The lowest BCUT2D eigenvalue weighted by atomic mass is 10.0. The van der Waals surface area contributed by atoms with Gasteiger partial charge in [-0.3, -0.25) is 0 Å². The van der Waals surface area contributed by atoms with Crippen molar-refractivity contribution in [2.24, 2.45) is 5.41 Å². The summed E-state index contributed by atoms with van der Waals surface area (Å²) in [5.74, 6) is 1.48. The van der Waals surface area contributed by atoms with E-state index in [4.69, 9.17) is 5.73 Å². The summed E-state index contributed by atoms with van der Waals surface area (Å²) in [4.78, 5) is 4.23. The number of hydrogen-bond donors (Lipinski definition) is 2. The van der Waals surface area contributed by atoms with Gasteiger partial charge in [0.15, 0.2) is 0 Å². The Morgan fingerprint density at radius 3 is 2.87 bits per heavy atom. The van der Waals surface area contributed by atoms with Gasteiger partial charge in [0.05, 0.1) is 0 Å². The Labute approximate surface area is 91.1 Å². The lowest BCUT2D eigenvalue weighted by molar-refractivity contribution is 0.485. The molecule has 3 N–H and O–H groups in total. The van der Waals surface area contributed by atoms with E-state index in [-0.39, 0.29) is 0 Å². The van der Waals surface area contributed by atoms with Gasteiger partial charge in [-0.25, -0.2) is 4.98 Å². The number of nitrogen functional groups attached to an aromatic ring is 1. The van der Waals surface area contributed by atoms with Crippen LogP contribution in [0.5, 0.6) is 0 Å². The topological polar surface area (TPSA) is 50.9 Å². The maximum atomic E-state index is 5.62. The van der Waals surface area contributed by atoms with Crippen molar-refractivity contribution in [3.63, 3.8) is 0 Å². The van der Waals surface area contributed by atoms with E-state index in [1.54, 1.807) is 0 Å². The quantitative estimate of drug-likeness (QED) is 0.777. The Balaban J connectivity index is 1.88. The van der Waals surface area contributed by atoms with Gasteiger partial charge < -0.3 is 11.1 Å². The van der Waals surface area contributed by atoms with Crippen molar-refractivity contribution < 1.29 is 0 Å². The monoisotopic (exact) mass is 205 g/mol. The molecule has 0 amide bonds. The molecule has 0 atom stereocenters. The normalized spacial score (nSPS) is 17.4. The lowest BCUT2D eigenvalue weighted by Crippen LogP contribution is -2.16. The molecule has 1 aromatic heterocycles. The van der Waals surface area contributed by atoms with Gasteiger partial charge in [-0.2, -0.15) is 0 Å². The number of nitrogens with one attached hydrogen (secondary N) is 1. The Bertz CT molecular complexity index is 331. The molecule has 0 spiro atoms. The second kappa shape index (κ2) is 4.09. The van der Waals surface area contributed by atoms with Crippen molar-refractivity contribution in [3.05, 3.63) is 18.2 Å². The van der Waals surface area contributed by atoms with Gasteiger partial charge in [-0.1, -0.05) is 19.4 Å². The molecule has 15 heavy (non-hydrogen) atoms. The zero-order valence-corrected chi connectivity index (χ0v) is 9.29. The molecular formula is C12H19N3. The number of nitrogens with zero attached hydrogens (tertiary/aromatic N) is 1. The van der Waals surface area contributed by atoms with Crippen LogP contribution in [0.2, 0.25) is 0 Å². The molecule has 1 heterocycles. The van der Waals surface area contributed by atoms with Crippen LogP contribution < -0.4 is 11.1 Å². The minimum atomic E-state index is 0.557. The summed E-state index contributed by atoms with van der Waals surface area (Å²) in [7, 11) is 0. The van der Waals surface area contributed by atoms with E-state index >= 15 is 0 Å². The maximum absolute atomic E-state index is 5.62. The molecule has 0 saturated heterocycles. The molecule has 1 saturated carbocycles. The van der Waals surface area contributed by atoms with E-state index in [9.17, 15) is 0 Å². The Kier molecular flexibility index (Phi) is 2.80. The third kappa shape index (κ3) is 2.61. The highest BCUT2D eigenvalue weighted by Gasteiger charge is 2.41. The van der Waals surface area contributed by atoms with Gasteiger partial charge in [0.25, 0.3) is 0 Å². The lowest BCUT2D eigenvalue weighted by Gasteiger charge is -2.15. The van der Waals surface area contributed by atoms with Crippen LogP contribution in [0.1, 0.15) is 32.6 Å². The first-order chi connectivity index (χ1) is 7.24. The smallest absolute Gasteiger partial charge is 0.128 e. The highest BCUT2D eigenvalue weighted by molar-refractivity contribution is 5.42. The minimum absolute atomic E-state index is 0.557. The van der Waals surface area contributed by atoms with Crippen LogP contribution >= 0.6 is 0 Å². The van der Waals surface area contributed by atoms with E-state index in [1.165, 1.54) is 25.7 Å². The average molecular weight is 205 g/mol. The number of pyridine rings is 1. The molecule has 1 aromatic rings. The summed E-state index contributed by atoms with van der Waals surface area (Å²) in [6, 6.07) is 5.71. The summed E-state index contributed by atoms with van der Waals surface area (Å²) >= 11 is 0. The number of hydrogen-bond acceptors (Lipinski definition) is 3. The fourth-order valence-electron chi connectivity index (χ4n) is 2.05. The van der Waals surface area contributed by atoms with Crippen LogP contribution in [0.4, 0.5) is 11.6 Å². The maximum Gasteiger partial charge on any atom is 0.128 e. The third-order valence-corrected chi connectivity index (χ3v) is 3.15. The van der Waals surface area contributed by atoms with Crippen molar-refractivity contribution in [1.29, 1.82) is 0 Å². The van der Waals surface area contributed by atoms with Crippen LogP contribution in [0.15, 0.2) is 18.2 Å². The second-order valence-corrected chi connectivity index (χ2v) is 4.55. The summed E-state index contributed by atoms with van der Waals surface area (Å²) in [5.41, 5.74) is 6.18. The zero-order valence-electron chi connectivity index (χ0n) is 9.29. The molecule has 0 aromatic carbocycles. The molecule has 1 aliphatic carbocycles. The largest absolute Gasteiger partial charge is 0.384 e. The number of aromatic nitrogens is 1. The second-order valence-electron chi connectivity index (χ2n) is 4.55. The summed E-state index contributed by atoms with van der Waals surface area (Å²) in [5, 5.41) is 3.38. The van der Waals surface area contributed by atoms with Gasteiger partial charge in [-0.15, -0.1) is 0 Å². The van der Waals surface area contributed by atoms with Gasteiger partial charge in [-0.05, 0) is 36.8 Å². The first-order valence-corrected chi connectivity index (χ1v) is 5.70. The van der Waals surface area contributed by atoms with Crippen molar-refractivity contribution >= 4 is 11.6 Å². The average Bonchev–Trinajstić information content (AvgIpc) is 2.97. The molecule has 1 fully saturated rings.